The highest BCUT2D eigenvalue weighted by Crippen LogP contribution is 2.44. The fraction of sp³-hybridized carbons (Fsp3) is 0.136. The summed E-state index contributed by atoms with van der Waals surface area (Å²) in [6, 6.07) is 48.9. The lowest BCUT2D eigenvalue weighted by molar-refractivity contribution is 0.00776. The Kier molecular flexibility index (Phi) is 8.73. The van der Waals surface area contributed by atoms with Crippen LogP contribution in [0.4, 0.5) is 17.1 Å². The number of benzene rings is 5. The molecule has 1 heterocycles. The quantitative estimate of drug-likeness (QED) is 0.134. The molecule has 232 valence electrons. The lowest BCUT2D eigenvalue weighted by atomic mass is 9.88. The SMILES string of the molecule is [C-]#[N+]/C(C#N)=C1C=C(/C=C/c2ccc(N(c3ccc(-c4ccccc4)cc3)c3ccc(-c4ccccc4)cc3)cc2)OC2(CCCC2)C\1. The van der Waals surface area contributed by atoms with Gasteiger partial charge in [-0.05, 0) is 108 Å². The molecule has 48 heavy (non-hydrogen) atoms. The third-order valence-electron chi connectivity index (χ3n) is 9.26. The number of hydrogen-bond acceptors (Lipinski definition) is 3. The second-order valence-corrected chi connectivity index (χ2v) is 12.4. The summed E-state index contributed by atoms with van der Waals surface area (Å²) in [5, 5.41) is 9.56. The second kappa shape index (κ2) is 13.7. The first-order valence-corrected chi connectivity index (χ1v) is 16.4. The Labute approximate surface area is 283 Å². The van der Waals surface area contributed by atoms with Crippen molar-refractivity contribution in [3.63, 3.8) is 0 Å². The second-order valence-electron chi connectivity index (χ2n) is 12.4. The van der Waals surface area contributed by atoms with Crippen LogP contribution < -0.4 is 4.90 Å². The first-order chi connectivity index (χ1) is 23.6. The minimum absolute atomic E-state index is 0.161. The zero-order valence-electron chi connectivity index (χ0n) is 26.7. The van der Waals surface area contributed by atoms with E-state index >= 15 is 0 Å². The molecule has 0 unspecified atom stereocenters. The predicted octanol–water partition coefficient (Wildman–Crippen LogP) is 11.8. The van der Waals surface area contributed by atoms with Crippen molar-refractivity contribution in [2.45, 2.75) is 37.7 Å². The number of nitrogens with zero attached hydrogens (tertiary/aromatic N) is 3. The number of ether oxygens (including phenoxy) is 1. The maximum atomic E-state index is 9.56. The van der Waals surface area contributed by atoms with Crippen molar-refractivity contribution in [1.82, 2.24) is 0 Å². The smallest absolute Gasteiger partial charge is 0.265 e. The van der Waals surface area contributed by atoms with E-state index in [-0.39, 0.29) is 11.3 Å². The molecule has 1 aliphatic carbocycles. The molecule has 1 aliphatic heterocycles. The standard InChI is InChI=1S/C44H35N3O/c1-46-43(32-45)38-30-42(48-44(31-38)28-8-9-29-44)27-16-33-14-21-39(22-15-33)47(40-23-17-36(18-24-40)34-10-4-2-5-11-34)41-25-19-37(20-26-41)35-12-6-3-7-13-35/h2-7,10-27,30H,8-9,28-29,31H2/b27-16+,43-38+. The first kappa shape index (κ1) is 30.5. The van der Waals surface area contributed by atoms with Gasteiger partial charge >= 0.3 is 0 Å². The van der Waals surface area contributed by atoms with E-state index in [1.165, 1.54) is 22.3 Å². The topological polar surface area (TPSA) is 40.6 Å². The number of nitriles is 1. The third-order valence-corrected chi connectivity index (χ3v) is 9.26. The Morgan fingerprint density at radius 2 is 1.15 bits per heavy atom. The maximum absolute atomic E-state index is 9.56. The van der Waals surface area contributed by atoms with E-state index in [0.717, 1.165) is 53.9 Å². The molecule has 0 atom stereocenters. The fourth-order valence-electron chi connectivity index (χ4n) is 6.81. The van der Waals surface area contributed by atoms with Gasteiger partial charge in [0.2, 0.25) is 0 Å². The molecule has 7 rings (SSSR count). The van der Waals surface area contributed by atoms with Crippen LogP contribution >= 0.6 is 0 Å². The average molecular weight is 622 g/mol. The van der Waals surface area contributed by atoms with Gasteiger partial charge in [0.25, 0.3) is 5.70 Å². The van der Waals surface area contributed by atoms with Gasteiger partial charge in [-0.1, -0.05) is 103 Å². The minimum Gasteiger partial charge on any atom is -0.487 e. The summed E-state index contributed by atoms with van der Waals surface area (Å²) in [4.78, 5) is 5.77. The van der Waals surface area contributed by atoms with Gasteiger partial charge in [-0.3, -0.25) is 0 Å². The molecule has 0 radical (unpaired) electrons. The molecule has 0 aromatic heterocycles. The zero-order valence-corrected chi connectivity index (χ0v) is 26.7. The van der Waals surface area contributed by atoms with E-state index in [0.29, 0.717) is 12.2 Å². The minimum atomic E-state index is -0.312. The van der Waals surface area contributed by atoms with E-state index < -0.39 is 0 Å². The lowest BCUT2D eigenvalue weighted by Gasteiger charge is -2.35. The molecule has 4 heteroatoms. The van der Waals surface area contributed by atoms with Crippen LogP contribution in [0.1, 0.15) is 37.7 Å². The van der Waals surface area contributed by atoms with Gasteiger partial charge in [0, 0.05) is 23.5 Å². The molecule has 1 fully saturated rings. The van der Waals surface area contributed by atoms with Crippen molar-refractivity contribution in [1.29, 1.82) is 5.26 Å². The molecule has 1 saturated carbocycles. The maximum Gasteiger partial charge on any atom is 0.265 e. The van der Waals surface area contributed by atoms with Crippen molar-refractivity contribution in [3.8, 4) is 28.3 Å². The van der Waals surface area contributed by atoms with Gasteiger partial charge in [0.05, 0.1) is 12.6 Å². The van der Waals surface area contributed by atoms with E-state index in [9.17, 15) is 5.26 Å². The summed E-state index contributed by atoms with van der Waals surface area (Å²) in [5.41, 5.74) is 9.58. The van der Waals surface area contributed by atoms with E-state index in [1.54, 1.807) is 0 Å². The molecule has 0 bridgehead atoms. The van der Waals surface area contributed by atoms with Crippen molar-refractivity contribution in [2.24, 2.45) is 0 Å². The average Bonchev–Trinajstić information content (AvgIpc) is 3.59. The molecule has 5 aromatic rings. The van der Waals surface area contributed by atoms with E-state index in [1.807, 2.05) is 30.4 Å². The van der Waals surface area contributed by atoms with Crippen molar-refractivity contribution >= 4 is 23.1 Å². The monoisotopic (exact) mass is 621 g/mol. The Hall–Kier alpha value is -6.10. The van der Waals surface area contributed by atoms with Crippen LogP contribution in [0.25, 0.3) is 33.2 Å². The van der Waals surface area contributed by atoms with Gasteiger partial charge in [-0.25, -0.2) is 10.1 Å². The third kappa shape index (κ3) is 6.57. The summed E-state index contributed by atoms with van der Waals surface area (Å²) in [7, 11) is 0. The number of allylic oxidation sites excluding steroid dienone is 3. The van der Waals surface area contributed by atoms with Crippen molar-refractivity contribution < 1.29 is 4.74 Å². The van der Waals surface area contributed by atoms with Gasteiger partial charge in [-0.2, -0.15) is 0 Å². The van der Waals surface area contributed by atoms with Crippen LogP contribution in [0.3, 0.4) is 0 Å². The van der Waals surface area contributed by atoms with Crippen LogP contribution in [0.15, 0.2) is 163 Å². The molecule has 0 amide bonds. The van der Waals surface area contributed by atoms with Crippen LogP contribution in [0.5, 0.6) is 0 Å². The summed E-state index contributed by atoms with van der Waals surface area (Å²) in [5.74, 6) is 0.706. The number of anilines is 3. The Bertz CT molecular complexity index is 1960. The predicted molar refractivity (Wildman–Crippen MR) is 195 cm³/mol. The van der Waals surface area contributed by atoms with Crippen molar-refractivity contribution in [2.75, 3.05) is 4.90 Å². The molecular formula is C44H35N3O. The number of rotatable bonds is 7. The van der Waals surface area contributed by atoms with Crippen LogP contribution in [-0.4, -0.2) is 5.60 Å². The highest BCUT2D eigenvalue weighted by Gasteiger charge is 2.39. The highest BCUT2D eigenvalue weighted by molar-refractivity contribution is 5.80. The van der Waals surface area contributed by atoms with Gasteiger partial charge in [0.1, 0.15) is 11.4 Å². The highest BCUT2D eigenvalue weighted by atomic mass is 16.5. The van der Waals surface area contributed by atoms with Gasteiger partial charge in [0.15, 0.2) is 0 Å². The van der Waals surface area contributed by atoms with E-state index in [2.05, 4.69) is 137 Å². The fourth-order valence-corrected chi connectivity index (χ4v) is 6.81. The van der Waals surface area contributed by atoms with Crippen LogP contribution in [0, 0.1) is 17.9 Å². The molecule has 2 aliphatic rings. The molecule has 0 N–H and O–H groups in total. The Morgan fingerprint density at radius 3 is 1.62 bits per heavy atom. The summed E-state index contributed by atoms with van der Waals surface area (Å²) in [6.07, 6.45) is 10.6. The molecular weight excluding hydrogens is 587 g/mol. The van der Waals surface area contributed by atoms with Crippen LogP contribution in [-0.2, 0) is 4.74 Å². The first-order valence-electron chi connectivity index (χ1n) is 16.4. The summed E-state index contributed by atoms with van der Waals surface area (Å²) in [6.45, 7) is 7.49. The number of hydrogen-bond donors (Lipinski definition) is 0. The molecule has 5 aromatic carbocycles. The normalized spacial score (nSPS) is 16.1. The molecule has 4 nitrogen and oxygen atoms in total. The van der Waals surface area contributed by atoms with Crippen molar-refractivity contribution in [3.05, 3.63) is 180 Å². The zero-order chi connectivity index (χ0) is 32.8. The lowest BCUT2D eigenvalue weighted by Crippen LogP contribution is -2.31. The summed E-state index contributed by atoms with van der Waals surface area (Å²) >= 11 is 0. The molecule has 0 saturated heterocycles. The summed E-state index contributed by atoms with van der Waals surface area (Å²) < 4.78 is 6.51. The van der Waals surface area contributed by atoms with Gasteiger partial charge < -0.3 is 9.64 Å². The molecule has 1 spiro atoms. The Balaban J connectivity index is 1.19. The largest absolute Gasteiger partial charge is 0.487 e. The van der Waals surface area contributed by atoms with E-state index in [4.69, 9.17) is 11.3 Å². The van der Waals surface area contributed by atoms with Gasteiger partial charge in [-0.15, -0.1) is 0 Å². The van der Waals surface area contributed by atoms with Crippen LogP contribution in [0.2, 0.25) is 0 Å². The Morgan fingerprint density at radius 1 is 0.667 bits per heavy atom.